The molecule has 0 bridgehead atoms. The number of rotatable bonds is 6. The third-order valence-corrected chi connectivity index (χ3v) is 2.07. The monoisotopic (exact) mass is 234 g/mol. The zero-order valence-electron chi connectivity index (χ0n) is 10.1. The number of aliphatic hydroxyl groups is 1. The maximum Gasteiger partial charge on any atom is 0.119 e. The summed E-state index contributed by atoms with van der Waals surface area (Å²) < 4.78 is 10.7. The lowest BCUT2D eigenvalue weighted by Gasteiger charge is -2.05. The highest BCUT2D eigenvalue weighted by molar-refractivity contribution is 5.38. The zero-order chi connectivity index (χ0) is 12.3. The molecule has 0 heterocycles. The smallest absolute Gasteiger partial charge is 0.119 e. The molecule has 1 aromatic carbocycles. The Balaban J connectivity index is 2.30. The van der Waals surface area contributed by atoms with Crippen LogP contribution in [-0.2, 0) is 4.74 Å². The van der Waals surface area contributed by atoms with E-state index in [0.717, 1.165) is 30.9 Å². The van der Waals surface area contributed by atoms with E-state index in [4.69, 9.17) is 14.6 Å². The van der Waals surface area contributed by atoms with E-state index >= 15 is 0 Å². The summed E-state index contributed by atoms with van der Waals surface area (Å²) in [6.07, 6.45) is 0.889. The Morgan fingerprint density at radius 2 is 1.94 bits per heavy atom. The van der Waals surface area contributed by atoms with Gasteiger partial charge in [0.15, 0.2) is 0 Å². The van der Waals surface area contributed by atoms with Crippen LogP contribution in [0.4, 0.5) is 0 Å². The van der Waals surface area contributed by atoms with Crippen LogP contribution >= 0.6 is 0 Å². The van der Waals surface area contributed by atoms with Gasteiger partial charge in [0, 0.05) is 25.2 Å². The molecule has 0 saturated carbocycles. The Morgan fingerprint density at radius 1 is 1.18 bits per heavy atom. The molecule has 0 atom stereocenters. The van der Waals surface area contributed by atoms with E-state index in [1.54, 1.807) is 0 Å². The van der Waals surface area contributed by atoms with E-state index in [-0.39, 0.29) is 6.61 Å². The molecule has 17 heavy (non-hydrogen) atoms. The second kappa shape index (κ2) is 8.63. The summed E-state index contributed by atoms with van der Waals surface area (Å²) in [7, 11) is 0. The number of hydrogen-bond donors (Lipinski definition) is 1. The van der Waals surface area contributed by atoms with Crippen molar-refractivity contribution >= 4 is 0 Å². The summed E-state index contributed by atoms with van der Waals surface area (Å²) in [6, 6.07) is 7.51. The summed E-state index contributed by atoms with van der Waals surface area (Å²) >= 11 is 0. The van der Waals surface area contributed by atoms with E-state index in [0.29, 0.717) is 6.61 Å². The largest absolute Gasteiger partial charge is 0.494 e. The topological polar surface area (TPSA) is 38.7 Å². The Morgan fingerprint density at radius 3 is 2.59 bits per heavy atom. The van der Waals surface area contributed by atoms with Crippen LogP contribution in [0.15, 0.2) is 24.3 Å². The van der Waals surface area contributed by atoms with E-state index in [1.807, 2.05) is 31.2 Å². The zero-order valence-corrected chi connectivity index (χ0v) is 10.1. The molecule has 0 amide bonds. The molecule has 0 spiro atoms. The average Bonchev–Trinajstić information content (AvgIpc) is 2.37. The molecule has 0 aromatic heterocycles. The number of ether oxygens (including phenoxy) is 2. The van der Waals surface area contributed by atoms with Crippen molar-refractivity contribution in [3.8, 4) is 17.6 Å². The van der Waals surface area contributed by atoms with Gasteiger partial charge in [-0.15, -0.1) is 0 Å². The lowest BCUT2D eigenvalue weighted by atomic mass is 10.2. The van der Waals surface area contributed by atoms with Crippen molar-refractivity contribution in [1.29, 1.82) is 0 Å². The molecule has 1 N–H and O–H groups in total. The first-order valence-corrected chi connectivity index (χ1v) is 5.77. The average molecular weight is 234 g/mol. The third-order valence-electron chi connectivity index (χ3n) is 2.07. The van der Waals surface area contributed by atoms with Crippen LogP contribution in [0.25, 0.3) is 0 Å². The highest BCUT2D eigenvalue weighted by Crippen LogP contribution is 2.11. The number of aliphatic hydroxyl groups excluding tert-OH is 1. The molecule has 3 heteroatoms. The molecule has 0 radical (unpaired) electrons. The quantitative estimate of drug-likeness (QED) is 0.603. The van der Waals surface area contributed by atoms with Gasteiger partial charge in [-0.1, -0.05) is 11.8 Å². The lowest BCUT2D eigenvalue weighted by Crippen LogP contribution is -2.02. The van der Waals surface area contributed by atoms with Gasteiger partial charge in [-0.25, -0.2) is 0 Å². The third kappa shape index (κ3) is 5.96. The van der Waals surface area contributed by atoms with E-state index < -0.39 is 0 Å². The predicted molar refractivity (Wildman–Crippen MR) is 67.0 cm³/mol. The Bertz CT molecular complexity index is 359. The Labute approximate surface area is 102 Å². The van der Waals surface area contributed by atoms with E-state index in [9.17, 15) is 0 Å². The standard InChI is InChI=1S/C14H18O3/c1-2-16-11-4-12-17-14-8-6-13(7-9-14)5-3-10-15/h6-9,15H,2,4,10-12H2,1H3. The Kier molecular flexibility index (Phi) is 6.89. The van der Waals surface area contributed by atoms with Gasteiger partial charge >= 0.3 is 0 Å². The van der Waals surface area contributed by atoms with Crippen molar-refractivity contribution in [1.82, 2.24) is 0 Å². The summed E-state index contributed by atoms with van der Waals surface area (Å²) in [6.45, 7) is 4.00. The first-order chi connectivity index (χ1) is 8.36. The van der Waals surface area contributed by atoms with Gasteiger partial charge in [0.2, 0.25) is 0 Å². The van der Waals surface area contributed by atoms with Gasteiger partial charge in [-0.05, 0) is 31.2 Å². The van der Waals surface area contributed by atoms with Crippen LogP contribution in [0.1, 0.15) is 18.9 Å². The molecular formula is C14H18O3. The molecule has 1 aromatic rings. The van der Waals surface area contributed by atoms with Crippen molar-refractivity contribution in [3.05, 3.63) is 29.8 Å². The molecule has 0 unspecified atom stereocenters. The second-order valence-corrected chi connectivity index (χ2v) is 3.38. The van der Waals surface area contributed by atoms with Gasteiger partial charge in [-0.3, -0.25) is 0 Å². The fourth-order valence-corrected chi connectivity index (χ4v) is 1.27. The Hall–Kier alpha value is -1.50. The van der Waals surface area contributed by atoms with Crippen molar-refractivity contribution < 1.29 is 14.6 Å². The summed E-state index contributed by atoms with van der Waals surface area (Å²) in [4.78, 5) is 0. The summed E-state index contributed by atoms with van der Waals surface area (Å²) in [5.74, 6) is 6.26. The molecular weight excluding hydrogens is 216 g/mol. The van der Waals surface area contributed by atoms with E-state index in [2.05, 4.69) is 11.8 Å². The molecule has 0 aliphatic heterocycles. The van der Waals surface area contributed by atoms with Gasteiger partial charge in [0.05, 0.1) is 6.61 Å². The van der Waals surface area contributed by atoms with Crippen LogP contribution in [0.5, 0.6) is 5.75 Å². The molecule has 0 saturated heterocycles. The highest BCUT2D eigenvalue weighted by Gasteiger charge is 1.94. The first kappa shape index (κ1) is 13.6. The minimum absolute atomic E-state index is 0.115. The van der Waals surface area contributed by atoms with Crippen molar-refractivity contribution in [2.24, 2.45) is 0 Å². The van der Waals surface area contributed by atoms with Gasteiger partial charge < -0.3 is 14.6 Å². The first-order valence-electron chi connectivity index (χ1n) is 5.77. The van der Waals surface area contributed by atoms with Gasteiger partial charge in [-0.2, -0.15) is 0 Å². The van der Waals surface area contributed by atoms with Gasteiger partial charge in [0.25, 0.3) is 0 Å². The van der Waals surface area contributed by atoms with Crippen LogP contribution in [0.2, 0.25) is 0 Å². The maximum absolute atomic E-state index is 8.56. The number of benzene rings is 1. The lowest BCUT2D eigenvalue weighted by molar-refractivity contribution is 0.131. The van der Waals surface area contributed by atoms with E-state index in [1.165, 1.54) is 0 Å². The molecule has 0 aliphatic carbocycles. The van der Waals surface area contributed by atoms with Crippen molar-refractivity contribution in [2.75, 3.05) is 26.4 Å². The normalized spacial score (nSPS) is 9.53. The molecule has 0 fully saturated rings. The van der Waals surface area contributed by atoms with Crippen LogP contribution in [0, 0.1) is 11.8 Å². The molecule has 1 rings (SSSR count). The highest BCUT2D eigenvalue weighted by atomic mass is 16.5. The maximum atomic E-state index is 8.56. The minimum atomic E-state index is -0.115. The predicted octanol–water partition coefficient (Wildman–Crippen LogP) is 1.84. The second-order valence-electron chi connectivity index (χ2n) is 3.38. The SMILES string of the molecule is CCOCCCOc1ccc(C#CCO)cc1. The minimum Gasteiger partial charge on any atom is -0.494 e. The number of hydrogen-bond acceptors (Lipinski definition) is 3. The molecule has 0 aliphatic rings. The fourth-order valence-electron chi connectivity index (χ4n) is 1.27. The molecule has 3 nitrogen and oxygen atoms in total. The molecule has 92 valence electrons. The summed E-state index contributed by atoms with van der Waals surface area (Å²) in [5, 5.41) is 8.56. The van der Waals surface area contributed by atoms with Crippen molar-refractivity contribution in [2.45, 2.75) is 13.3 Å². The van der Waals surface area contributed by atoms with Crippen LogP contribution < -0.4 is 4.74 Å². The fraction of sp³-hybridized carbons (Fsp3) is 0.429. The van der Waals surface area contributed by atoms with Gasteiger partial charge in [0.1, 0.15) is 12.4 Å². The van der Waals surface area contributed by atoms with Crippen molar-refractivity contribution in [3.63, 3.8) is 0 Å². The van der Waals surface area contributed by atoms with Crippen LogP contribution in [-0.4, -0.2) is 31.5 Å². The summed E-state index contributed by atoms with van der Waals surface area (Å²) in [5.41, 5.74) is 0.876. The van der Waals surface area contributed by atoms with Crippen LogP contribution in [0.3, 0.4) is 0 Å².